The lowest BCUT2D eigenvalue weighted by atomic mass is 9.94. The van der Waals surface area contributed by atoms with E-state index in [0.717, 1.165) is 27.5 Å². The molecular formula is C40H23N3. The molecule has 0 radical (unpaired) electrons. The van der Waals surface area contributed by atoms with Crippen LogP contribution in [0.25, 0.3) is 93.5 Å². The number of rotatable bonds is 2. The van der Waals surface area contributed by atoms with Gasteiger partial charge >= 0.3 is 0 Å². The lowest BCUT2D eigenvalue weighted by Gasteiger charge is -2.13. The SMILES string of the molecule is c1ccc2c(c1)-c1cccc3c(-c4ccc(-n5c6ccccc6c6c7cccnc7c7ncccc7c65)cc4)ccc-2c13. The maximum Gasteiger partial charge on any atom is 0.0986 e. The van der Waals surface area contributed by atoms with Crippen molar-refractivity contribution < 1.29 is 0 Å². The summed E-state index contributed by atoms with van der Waals surface area (Å²) in [6.45, 7) is 0. The Morgan fingerprint density at radius 1 is 0.395 bits per heavy atom. The molecule has 0 atom stereocenters. The van der Waals surface area contributed by atoms with E-state index in [4.69, 9.17) is 9.97 Å². The number of hydrogen-bond acceptors (Lipinski definition) is 2. The summed E-state index contributed by atoms with van der Waals surface area (Å²) in [4.78, 5) is 9.58. The molecule has 6 aromatic carbocycles. The van der Waals surface area contributed by atoms with E-state index in [-0.39, 0.29) is 0 Å². The topological polar surface area (TPSA) is 30.7 Å². The van der Waals surface area contributed by atoms with Crippen LogP contribution in [0.3, 0.4) is 0 Å². The molecule has 3 heterocycles. The molecule has 0 saturated heterocycles. The Kier molecular flexibility index (Phi) is 4.45. The number of nitrogens with zero attached hydrogens (tertiary/aromatic N) is 3. The lowest BCUT2D eigenvalue weighted by Crippen LogP contribution is -1.96. The Morgan fingerprint density at radius 2 is 1.00 bits per heavy atom. The predicted octanol–water partition coefficient (Wildman–Crippen LogP) is 10.3. The Balaban J connectivity index is 1.22. The van der Waals surface area contributed by atoms with Crippen molar-refractivity contribution in [1.82, 2.24) is 14.5 Å². The zero-order chi connectivity index (χ0) is 28.1. The summed E-state index contributed by atoms with van der Waals surface area (Å²) < 4.78 is 2.40. The number of aromatic nitrogens is 3. The molecule has 0 fully saturated rings. The van der Waals surface area contributed by atoms with Crippen molar-refractivity contribution in [1.29, 1.82) is 0 Å². The van der Waals surface area contributed by atoms with Gasteiger partial charge in [0.1, 0.15) is 0 Å². The zero-order valence-electron chi connectivity index (χ0n) is 23.1. The zero-order valence-corrected chi connectivity index (χ0v) is 23.1. The van der Waals surface area contributed by atoms with Crippen molar-refractivity contribution in [2.75, 3.05) is 0 Å². The molecule has 1 aliphatic carbocycles. The van der Waals surface area contributed by atoms with Crippen molar-refractivity contribution in [3.63, 3.8) is 0 Å². The van der Waals surface area contributed by atoms with Gasteiger partial charge in [0.2, 0.25) is 0 Å². The fourth-order valence-electron chi connectivity index (χ4n) is 7.47. The molecule has 198 valence electrons. The Morgan fingerprint density at radius 3 is 1.81 bits per heavy atom. The lowest BCUT2D eigenvalue weighted by molar-refractivity contribution is 1.19. The largest absolute Gasteiger partial charge is 0.309 e. The molecule has 1 aliphatic rings. The van der Waals surface area contributed by atoms with Gasteiger partial charge in [-0.3, -0.25) is 9.97 Å². The van der Waals surface area contributed by atoms with Gasteiger partial charge in [0.25, 0.3) is 0 Å². The van der Waals surface area contributed by atoms with Gasteiger partial charge in [-0.15, -0.1) is 0 Å². The molecule has 0 amide bonds. The molecule has 0 spiro atoms. The first-order chi connectivity index (χ1) is 21.4. The Hall–Kier alpha value is -5.80. The van der Waals surface area contributed by atoms with E-state index in [1.54, 1.807) is 0 Å². The van der Waals surface area contributed by atoms with E-state index in [0.29, 0.717) is 0 Å². The smallest absolute Gasteiger partial charge is 0.0986 e. The van der Waals surface area contributed by atoms with Crippen LogP contribution in [-0.2, 0) is 0 Å². The highest BCUT2D eigenvalue weighted by Gasteiger charge is 2.23. The van der Waals surface area contributed by atoms with Gasteiger partial charge in [0.15, 0.2) is 0 Å². The van der Waals surface area contributed by atoms with E-state index < -0.39 is 0 Å². The summed E-state index contributed by atoms with van der Waals surface area (Å²) in [7, 11) is 0. The molecule has 0 aliphatic heterocycles. The van der Waals surface area contributed by atoms with Crippen LogP contribution in [0.1, 0.15) is 0 Å². The van der Waals surface area contributed by atoms with Crippen LogP contribution >= 0.6 is 0 Å². The monoisotopic (exact) mass is 545 g/mol. The summed E-state index contributed by atoms with van der Waals surface area (Å²) in [6.07, 6.45) is 3.72. The van der Waals surface area contributed by atoms with E-state index in [2.05, 4.69) is 120 Å². The number of benzene rings is 6. The minimum atomic E-state index is 0.931. The fraction of sp³-hybridized carbons (Fsp3) is 0. The third-order valence-corrected chi connectivity index (χ3v) is 9.22. The van der Waals surface area contributed by atoms with Gasteiger partial charge in [0, 0.05) is 39.6 Å². The Labute approximate surface area is 247 Å². The third kappa shape index (κ3) is 2.98. The first-order valence-corrected chi connectivity index (χ1v) is 14.7. The van der Waals surface area contributed by atoms with E-state index >= 15 is 0 Å². The van der Waals surface area contributed by atoms with E-state index in [1.165, 1.54) is 66.0 Å². The molecule has 0 saturated carbocycles. The number of fused-ring (bicyclic) bond motifs is 11. The van der Waals surface area contributed by atoms with Gasteiger partial charge in [-0.25, -0.2) is 0 Å². The van der Waals surface area contributed by atoms with Crippen LogP contribution < -0.4 is 0 Å². The minimum absolute atomic E-state index is 0.931. The molecule has 0 N–H and O–H groups in total. The quantitative estimate of drug-likeness (QED) is 0.202. The maximum atomic E-state index is 4.81. The number of hydrogen-bond donors (Lipinski definition) is 0. The van der Waals surface area contributed by atoms with Crippen LogP contribution in [0.2, 0.25) is 0 Å². The number of pyridine rings is 2. The molecule has 0 bridgehead atoms. The van der Waals surface area contributed by atoms with Gasteiger partial charge in [-0.1, -0.05) is 91.0 Å². The summed E-state index contributed by atoms with van der Waals surface area (Å²) in [6, 6.07) is 46.2. The third-order valence-electron chi connectivity index (χ3n) is 9.22. The van der Waals surface area contributed by atoms with Crippen LogP contribution in [0, 0.1) is 0 Å². The second-order valence-corrected chi connectivity index (χ2v) is 11.4. The van der Waals surface area contributed by atoms with Crippen molar-refractivity contribution in [2.45, 2.75) is 0 Å². The average molecular weight is 546 g/mol. The van der Waals surface area contributed by atoms with E-state index in [1.807, 2.05) is 24.5 Å². The highest BCUT2D eigenvalue weighted by Crippen LogP contribution is 2.49. The second kappa shape index (κ2) is 8.37. The highest BCUT2D eigenvalue weighted by atomic mass is 15.0. The van der Waals surface area contributed by atoms with Crippen molar-refractivity contribution in [3.05, 3.63) is 140 Å². The average Bonchev–Trinajstić information content (AvgIpc) is 3.60. The number of para-hydroxylation sites is 1. The first-order valence-electron chi connectivity index (χ1n) is 14.7. The van der Waals surface area contributed by atoms with E-state index in [9.17, 15) is 0 Å². The van der Waals surface area contributed by atoms with Crippen LogP contribution in [0.5, 0.6) is 0 Å². The molecule has 10 rings (SSSR count). The molecule has 9 aromatic rings. The second-order valence-electron chi connectivity index (χ2n) is 11.4. The van der Waals surface area contributed by atoms with Crippen LogP contribution in [0.15, 0.2) is 140 Å². The molecule has 3 heteroatoms. The van der Waals surface area contributed by atoms with Gasteiger partial charge in [-0.05, 0) is 80.6 Å². The normalized spacial score (nSPS) is 12.2. The van der Waals surface area contributed by atoms with Gasteiger partial charge in [-0.2, -0.15) is 0 Å². The first kappa shape index (κ1) is 22.8. The standard InChI is InChI=1S/C40H23N3/c1-2-9-28-27(8-1)30-12-5-11-29-26(20-21-31(28)36(29)30)24-16-18-25(19-17-24)43-35-15-4-3-10-32(35)37-33-13-6-22-41-38(33)39-34(40(37)43)14-7-23-42-39/h1-23H. The minimum Gasteiger partial charge on any atom is -0.309 e. The Bertz CT molecular complexity index is 2580. The molecule has 3 nitrogen and oxygen atoms in total. The molecule has 3 aromatic heterocycles. The van der Waals surface area contributed by atoms with Crippen LogP contribution in [-0.4, -0.2) is 14.5 Å². The van der Waals surface area contributed by atoms with Gasteiger partial charge in [0.05, 0.1) is 22.1 Å². The van der Waals surface area contributed by atoms with Crippen molar-refractivity contribution >= 4 is 54.4 Å². The van der Waals surface area contributed by atoms with Crippen LogP contribution in [0.4, 0.5) is 0 Å². The van der Waals surface area contributed by atoms with Crippen molar-refractivity contribution in [3.8, 4) is 39.1 Å². The highest BCUT2D eigenvalue weighted by molar-refractivity contribution is 6.30. The summed E-state index contributed by atoms with van der Waals surface area (Å²) >= 11 is 0. The fourth-order valence-corrected chi connectivity index (χ4v) is 7.47. The summed E-state index contributed by atoms with van der Waals surface area (Å²) in [5.41, 5.74) is 13.1. The van der Waals surface area contributed by atoms with Gasteiger partial charge < -0.3 is 4.57 Å². The maximum absolute atomic E-state index is 4.81. The predicted molar refractivity (Wildman–Crippen MR) is 179 cm³/mol. The van der Waals surface area contributed by atoms with Crippen molar-refractivity contribution in [2.24, 2.45) is 0 Å². The summed E-state index contributed by atoms with van der Waals surface area (Å²) in [5, 5.41) is 7.33. The summed E-state index contributed by atoms with van der Waals surface area (Å²) in [5.74, 6) is 0. The molecular weight excluding hydrogens is 522 g/mol. The molecule has 0 unspecified atom stereocenters. The molecule has 43 heavy (non-hydrogen) atoms.